The Hall–Kier alpha value is -1.92. The van der Waals surface area contributed by atoms with Crippen molar-refractivity contribution >= 4 is 29.2 Å². The molecule has 1 aromatic carbocycles. The van der Waals surface area contributed by atoms with Crippen molar-refractivity contribution in [1.29, 1.82) is 0 Å². The zero-order valence-electron chi connectivity index (χ0n) is 14.4. The second-order valence-electron chi connectivity index (χ2n) is 6.50. The lowest BCUT2D eigenvalue weighted by Crippen LogP contribution is -2.35. The number of amides is 1. The first-order chi connectivity index (χ1) is 11.6. The Morgan fingerprint density at radius 2 is 2.12 bits per heavy atom. The van der Waals surface area contributed by atoms with Crippen LogP contribution in [-0.4, -0.2) is 33.4 Å². The normalized spacial score (nSPS) is 19.6. The molecule has 1 heterocycles. The second-order valence-corrected chi connectivity index (χ2v) is 6.50. The lowest BCUT2D eigenvalue weighted by atomic mass is 9.99. The molecule has 7 heteroatoms. The van der Waals surface area contributed by atoms with Crippen LogP contribution < -0.4 is 11.3 Å². The van der Waals surface area contributed by atoms with Crippen LogP contribution in [0.4, 0.5) is 0 Å². The molecule has 1 aromatic heterocycles. The van der Waals surface area contributed by atoms with E-state index >= 15 is 0 Å². The monoisotopic (exact) mass is 364 g/mol. The van der Waals surface area contributed by atoms with Crippen LogP contribution in [0.2, 0.25) is 0 Å². The number of nitrogens with zero attached hydrogens (tertiary/aromatic N) is 2. The van der Waals surface area contributed by atoms with Gasteiger partial charge in [-0.3, -0.25) is 9.59 Å². The van der Waals surface area contributed by atoms with Crippen LogP contribution in [0.3, 0.4) is 0 Å². The molecule has 3 rings (SSSR count). The summed E-state index contributed by atoms with van der Waals surface area (Å²) < 4.78 is 0. The van der Waals surface area contributed by atoms with Gasteiger partial charge >= 0.3 is 0 Å². The lowest BCUT2D eigenvalue weighted by Gasteiger charge is -2.23. The highest BCUT2D eigenvalue weighted by atomic mass is 35.5. The number of rotatable bonds is 5. The predicted octanol–water partition coefficient (Wildman–Crippen LogP) is 2.21. The Kier molecular flexibility index (Phi) is 6.56. The molecule has 136 valence electrons. The maximum absolute atomic E-state index is 12.6. The van der Waals surface area contributed by atoms with Gasteiger partial charge in [0.25, 0.3) is 5.56 Å². The van der Waals surface area contributed by atoms with E-state index in [1.165, 1.54) is 0 Å². The molecule has 0 bridgehead atoms. The SMILES string of the molecule is CCN(Cc1nc2ccccc2c(=O)[nH]1)C(=O)C[C@@H]1CCC[C@H]1N.Cl. The minimum absolute atomic E-state index is 0. The summed E-state index contributed by atoms with van der Waals surface area (Å²) in [4.78, 5) is 33.7. The summed E-state index contributed by atoms with van der Waals surface area (Å²) >= 11 is 0. The van der Waals surface area contributed by atoms with E-state index in [1.807, 2.05) is 25.1 Å². The highest BCUT2D eigenvalue weighted by molar-refractivity contribution is 5.85. The van der Waals surface area contributed by atoms with E-state index in [0.717, 1.165) is 19.3 Å². The fraction of sp³-hybridized carbons (Fsp3) is 0.500. The number of carbonyl (C=O) groups is 1. The first kappa shape index (κ1) is 19.4. The molecule has 3 N–H and O–H groups in total. The smallest absolute Gasteiger partial charge is 0.258 e. The first-order valence-corrected chi connectivity index (χ1v) is 8.59. The number of H-pyrrole nitrogens is 1. The van der Waals surface area contributed by atoms with Gasteiger partial charge in [0.1, 0.15) is 5.82 Å². The fourth-order valence-corrected chi connectivity index (χ4v) is 3.44. The molecule has 0 spiro atoms. The topological polar surface area (TPSA) is 92.1 Å². The molecule has 1 fully saturated rings. The van der Waals surface area contributed by atoms with E-state index in [1.54, 1.807) is 11.0 Å². The number of carbonyl (C=O) groups excluding carboxylic acids is 1. The van der Waals surface area contributed by atoms with E-state index in [0.29, 0.717) is 36.2 Å². The molecule has 1 aliphatic carbocycles. The molecule has 1 saturated carbocycles. The molecule has 0 radical (unpaired) electrons. The second kappa shape index (κ2) is 8.45. The van der Waals surface area contributed by atoms with E-state index in [4.69, 9.17) is 5.73 Å². The van der Waals surface area contributed by atoms with Gasteiger partial charge in [-0.15, -0.1) is 12.4 Å². The number of fused-ring (bicyclic) bond motifs is 1. The molecule has 0 aliphatic heterocycles. The van der Waals surface area contributed by atoms with Crippen molar-refractivity contribution in [1.82, 2.24) is 14.9 Å². The van der Waals surface area contributed by atoms with Gasteiger partial charge in [-0.1, -0.05) is 18.6 Å². The molecule has 2 atom stereocenters. The van der Waals surface area contributed by atoms with Crippen LogP contribution in [0.5, 0.6) is 0 Å². The van der Waals surface area contributed by atoms with Gasteiger partial charge in [-0.2, -0.15) is 0 Å². The first-order valence-electron chi connectivity index (χ1n) is 8.59. The van der Waals surface area contributed by atoms with Crippen molar-refractivity contribution in [2.75, 3.05) is 6.54 Å². The number of halogens is 1. The number of aromatic amines is 1. The molecule has 0 unspecified atom stereocenters. The van der Waals surface area contributed by atoms with Crippen LogP contribution in [0, 0.1) is 5.92 Å². The van der Waals surface area contributed by atoms with Crippen molar-refractivity contribution in [2.45, 2.75) is 45.2 Å². The average Bonchev–Trinajstić information content (AvgIpc) is 2.97. The number of nitrogens with two attached hydrogens (primary N) is 1. The maximum atomic E-state index is 12.6. The zero-order valence-corrected chi connectivity index (χ0v) is 15.2. The molecule has 6 nitrogen and oxygen atoms in total. The highest BCUT2D eigenvalue weighted by Crippen LogP contribution is 2.27. The number of hydrogen-bond donors (Lipinski definition) is 2. The maximum Gasteiger partial charge on any atom is 0.258 e. The molecule has 2 aromatic rings. The van der Waals surface area contributed by atoms with Crippen molar-refractivity contribution in [3.63, 3.8) is 0 Å². The Morgan fingerprint density at radius 3 is 2.80 bits per heavy atom. The largest absolute Gasteiger partial charge is 0.335 e. The van der Waals surface area contributed by atoms with Crippen molar-refractivity contribution in [3.8, 4) is 0 Å². The standard InChI is InChI=1S/C18H24N4O2.ClH/c1-2-22(17(23)10-12-6-5-8-14(12)19)11-16-20-15-9-4-3-7-13(15)18(24)21-16;/h3-4,7,9,12,14H,2,5-6,8,10-11,19H2,1H3,(H,20,21,24);1H/t12-,14+;/m0./s1. The summed E-state index contributed by atoms with van der Waals surface area (Å²) in [7, 11) is 0. The summed E-state index contributed by atoms with van der Waals surface area (Å²) in [6.45, 7) is 2.83. The van der Waals surface area contributed by atoms with E-state index < -0.39 is 0 Å². The van der Waals surface area contributed by atoms with Crippen molar-refractivity contribution in [2.24, 2.45) is 11.7 Å². The van der Waals surface area contributed by atoms with E-state index in [2.05, 4.69) is 9.97 Å². The van der Waals surface area contributed by atoms with Gasteiger partial charge in [0.15, 0.2) is 0 Å². The Bertz CT molecular complexity index is 792. The van der Waals surface area contributed by atoms with Crippen LogP contribution in [0.1, 0.15) is 38.4 Å². The minimum atomic E-state index is -0.170. The summed E-state index contributed by atoms with van der Waals surface area (Å²) in [6.07, 6.45) is 3.61. The Morgan fingerprint density at radius 1 is 1.36 bits per heavy atom. The summed E-state index contributed by atoms with van der Waals surface area (Å²) in [6, 6.07) is 7.35. The average molecular weight is 365 g/mol. The molecule has 0 saturated heterocycles. The molecular formula is C18H25ClN4O2. The number of para-hydroxylation sites is 1. The van der Waals surface area contributed by atoms with Gasteiger partial charge in [0, 0.05) is 19.0 Å². The lowest BCUT2D eigenvalue weighted by molar-refractivity contribution is -0.132. The van der Waals surface area contributed by atoms with Gasteiger partial charge in [-0.05, 0) is 37.8 Å². The van der Waals surface area contributed by atoms with Crippen LogP contribution in [-0.2, 0) is 11.3 Å². The highest BCUT2D eigenvalue weighted by Gasteiger charge is 2.27. The van der Waals surface area contributed by atoms with Crippen LogP contribution in [0.15, 0.2) is 29.1 Å². The summed E-state index contributed by atoms with van der Waals surface area (Å²) in [5.74, 6) is 0.871. The summed E-state index contributed by atoms with van der Waals surface area (Å²) in [5.41, 5.74) is 6.55. The van der Waals surface area contributed by atoms with Crippen molar-refractivity contribution < 1.29 is 4.79 Å². The predicted molar refractivity (Wildman–Crippen MR) is 101 cm³/mol. The number of benzene rings is 1. The quantitative estimate of drug-likeness (QED) is 0.850. The molecule has 25 heavy (non-hydrogen) atoms. The fourth-order valence-electron chi connectivity index (χ4n) is 3.44. The van der Waals surface area contributed by atoms with Crippen LogP contribution in [0.25, 0.3) is 10.9 Å². The van der Waals surface area contributed by atoms with Gasteiger partial charge in [-0.25, -0.2) is 4.98 Å². The molecule has 1 aliphatic rings. The molecular weight excluding hydrogens is 340 g/mol. The zero-order chi connectivity index (χ0) is 17.1. The van der Waals surface area contributed by atoms with Crippen molar-refractivity contribution in [3.05, 3.63) is 40.4 Å². The third kappa shape index (κ3) is 4.38. The minimum Gasteiger partial charge on any atom is -0.335 e. The Balaban J connectivity index is 0.00000225. The summed E-state index contributed by atoms with van der Waals surface area (Å²) in [5, 5.41) is 0.563. The van der Waals surface area contributed by atoms with Gasteiger partial charge < -0.3 is 15.6 Å². The van der Waals surface area contributed by atoms with E-state index in [9.17, 15) is 9.59 Å². The van der Waals surface area contributed by atoms with Crippen LogP contribution >= 0.6 is 12.4 Å². The van der Waals surface area contributed by atoms with Gasteiger partial charge in [0.05, 0.1) is 17.4 Å². The van der Waals surface area contributed by atoms with E-state index in [-0.39, 0.29) is 35.8 Å². The number of hydrogen-bond acceptors (Lipinski definition) is 4. The number of aromatic nitrogens is 2. The number of nitrogens with one attached hydrogen (secondary N) is 1. The van der Waals surface area contributed by atoms with Gasteiger partial charge in [0.2, 0.25) is 5.91 Å². The third-order valence-electron chi connectivity index (χ3n) is 4.89. The third-order valence-corrected chi connectivity index (χ3v) is 4.89. The molecule has 1 amide bonds. The Labute approximate surface area is 153 Å².